The Kier molecular flexibility index (Phi) is 4.65. The number of hydrogen-bond donors (Lipinski definition) is 3. The predicted molar refractivity (Wildman–Crippen MR) is 115 cm³/mol. The fourth-order valence-electron chi connectivity index (χ4n) is 3.96. The zero-order valence-electron chi connectivity index (χ0n) is 16.2. The Morgan fingerprint density at radius 2 is 1.86 bits per heavy atom. The molecule has 0 saturated heterocycles. The van der Waals surface area contributed by atoms with E-state index in [1.807, 2.05) is 0 Å². The second-order valence-electron chi connectivity index (χ2n) is 8.23. The van der Waals surface area contributed by atoms with Gasteiger partial charge in [-0.3, -0.25) is 5.10 Å². The second-order valence-corrected chi connectivity index (χ2v) is 13.2. The maximum Gasteiger partial charge on any atom is 0.451 e. The number of aryl methyl sites for hydroxylation is 1. The minimum Gasteiger partial charge on any atom is -0.427 e. The molecule has 0 saturated carbocycles. The molecule has 3 N–H and O–H groups in total. The van der Waals surface area contributed by atoms with Crippen molar-refractivity contribution in [2.24, 2.45) is 0 Å². The first kappa shape index (κ1) is 18.9. The Labute approximate surface area is 164 Å². The highest BCUT2D eigenvalue weighted by Gasteiger charge is 2.29. The molecule has 0 fully saturated rings. The maximum absolute atomic E-state index is 13.6. The molecule has 8 heteroatoms. The Morgan fingerprint density at radius 1 is 1.14 bits per heavy atom. The van der Waals surface area contributed by atoms with Crippen LogP contribution in [0.1, 0.15) is 5.56 Å². The summed E-state index contributed by atoms with van der Waals surface area (Å²) in [4.78, 5) is 0. The lowest BCUT2D eigenvalue weighted by molar-refractivity contribution is 0.405. The molecule has 4 rings (SSSR count). The second kappa shape index (κ2) is 6.88. The lowest BCUT2D eigenvalue weighted by atomic mass is 9.83. The number of halogens is 1. The van der Waals surface area contributed by atoms with Crippen molar-refractivity contribution >= 4 is 42.3 Å². The van der Waals surface area contributed by atoms with Gasteiger partial charge in [-0.15, -0.1) is 0 Å². The Hall–Kier alpha value is -2.42. The minimum atomic E-state index is -1.85. The summed E-state index contributed by atoms with van der Waals surface area (Å²) >= 11 is 0. The molecule has 0 atom stereocenters. The molecule has 0 aliphatic rings. The van der Waals surface area contributed by atoms with Crippen molar-refractivity contribution in [1.29, 1.82) is 0 Å². The third-order valence-electron chi connectivity index (χ3n) is 5.08. The highest BCUT2D eigenvalue weighted by molar-refractivity contribution is 6.89. The number of nitrogens with zero attached hydrogens (tertiary/aromatic N) is 2. The highest BCUT2D eigenvalue weighted by atomic mass is 28.3. The third kappa shape index (κ3) is 3.28. The molecule has 0 aliphatic heterocycles. The van der Waals surface area contributed by atoms with E-state index in [4.69, 9.17) is 0 Å². The number of rotatable bonds is 5. The summed E-state index contributed by atoms with van der Waals surface area (Å²) in [5.74, 6) is -0.268. The molecular formula is C20H23BFN3O2Si. The van der Waals surface area contributed by atoms with Gasteiger partial charge in [0.05, 0.1) is 25.3 Å². The number of H-pyrrole nitrogens is 1. The van der Waals surface area contributed by atoms with Gasteiger partial charge in [0.1, 0.15) is 5.82 Å². The minimum absolute atomic E-state index is 0.265. The van der Waals surface area contributed by atoms with Gasteiger partial charge in [0.25, 0.3) is 0 Å². The monoisotopic (exact) mass is 395 g/mol. The third-order valence-corrected chi connectivity index (χ3v) is 7.03. The van der Waals surface area contributed by atoms with Crippen LogP contribution in [-0.2, 0) is 6.42 Å². The fourth-order valence-corrected chi connectivity index (χ4v) is 6.05. The molecular weight excluding hydrogens is 372 g/mol. The van der Waals surface area contributed by atoms with Crippen molar-refractivity contribution in [2.75, 3.05) is 0 Å². The number of nitrogens with one attached hydrogen (secondary N) is 1. The van der Waals surface area contributed by atoms with E-state index in [0.29, 0.717) is 6.42 Å². The Morgan fingerprint density at radius 3 is 2.50 bits per heavy atom. The molecule has 0 unspecified atom stereocenters. The van der Waals surface area contributed by atoms with E-state index in [2.05, 4.69) is 46.5 Å². The van der Waals surface area contributed by atoms with Gasteiger partial charge in [-0.2, -0.15) is 5.10 Å². The van der Waals surface area contributed by atoms with Gasteiger partial charge in [-0.05, 0) is 54.7 Å². The van der Waals surface area contributed by atoms with Crippen LogP contribution in [0, 0.1) is 5.82 Å². The number of fused-ring (bicyclic) bond motifs is 2. The molecule has 2 heterocycles. The van der Waals surface area contributed by atoms with Crippen molar-refractivity contribution in [2.45, 2.75) is 32.4 Å². The number of aromatic nitrogens is 3. The topological polar surface area (TPSA) is 74.1 Å². The average molecular weight is 395 g/mol. The van der Waals surface area contributed by atoms with Crippen molar-refractivity contribution in [1.82, 2.24) is 14.8 Å². The average Bonchev–Trinajstić information content (AvgIpc) is 3.20. The van der Waals surface area contributed by atoms with Gasteiger partial charge in [0.15, 0.2) is 0 Å². The van der Waals surface area contributed by atoms with Crippen molar-refractivity contribution in [3.05, 3.63) is 54.0 Å². The van der Waals surface area contributed by atoms with Crippen LogP contribution in [0.4, 0.5) is 4.39 Å². The maximum atomic E-state index is 13.6. The van der Waals surface area contributed by atoms with Gasteiger partial charge in [-0.1, -0.05) is 19.6 Å². The summed E-state index contributed by atoms with van der Waals surface area (Å²) in [7, 11) is -3.20. The fraction of sp³-hybridized carbons (Fsp3) is 0.250. The summed E-state index contributed by atoms with van der Waals surface area (Å²) in [6, 6.07) is 10.7. The zero-order chi connectivity index (χ0) is 20.1. The molecule has 28 heavy (non-hydrogen) atoms. The van der Waals surface area contributed by atoms with Gasteiger partial charge in [0, 0.05) is 21.8 Å². The normalized spacial score (nSPS) is 12.2. The lowest BCUT2D eigenvalue weighted by Crippen LogP contribution is -2.44. The zero-order valence-corrected chi connectivity index (χ0v) is 17.2. The van der Waals surface area contributed by atoms with Crippen LogP contribution in [0.3, 0.4) is 0 Å². The molecule has 2 aromatic carbocycles. The molecule has 0 spiro atoms. The lowest BCUT2D eigenvalue weighted by Gasteiger charge is -2.23. The van der Waals surface area contributed by atoms with E-state index in [0.717, 1.165) is 33.1 Å². The van der Waals surface area contributed by atoms with E-state index in [1.165, 1.54) is 17.4 Å². The van der Waals surface area contributed by atoms with E-state index in [9.17, 15) is 14.4 Å². The van der Waals surface area contributed by atoms with Crippen LogP contribution in [-0.4, -0.2) is 40.0 Å². The number of hydrogen-bond acceptors (Lipinski definition) is 3. The van der Waals surface area contributed by atoms with Gasteiger partial charge in [0.2, 0.25) is 0 Å². The summed E-state index contributed by atoms with van der Waals surface area (Å²) < 4.78 is 15.8. The summed E-state index contributed by atoms with van der Waals surface area (Å²) in [6.07, 6.45) is 2.62. The van der Waals surface area contributed by atoms with E-state index < -0.39 is 15.2 Å². The van der Waals surface area contributed by atoms with Crippen LogP contribution in [0.15, 0.2) is 42.6 Å². The SMILES string of the molecule is C[Si](C)(C)c1c(CCB(O)O)c2cc3[nH]ncc3cc2n1-c1ccc(F)cc1. The first-order valence-corrected chi connectivity index (χ1v) is 12.9. The van der Waals surface area contributed by atoms with Gasteiger partial charge < -0.3 is 14.6 Å². The highest BCUT2D eigenvalue weighted by Crippen LogP contribution is 2.30. The standard InChI is InChI=1S/C20H23BFN3O2Si/c1-28(2,3)20-16(8-9-21(26)27)17-11-18-13(12-23-24-18)10-19(17)25(20)15-6-4-14(22)5-7-15/h4-7,10-12,26-27H,8-9H2,1-3H3,(H,23,24). The molecule has 4 aromatic rings. The number of benzene rings is 2. The molecule has 5 nitrogen and oxygen atoms in total. The molecule has 2 aromatic heterocycles. The quantitative estimate of drug-likeness (QED) is 0.455. The smallest absolute Gasteiger partial charge is 0.427 e. The summed E-state index contributed by atoms with van der Waals surface area (Å²) in [5.41, 5.74) is 4.00. The van der Waals surface area contributed by atoms with Crippen LogP contribution in [0.25, 0.3) is 27.5 Å². The van der Waals surface area contributed by atoms with Crippen molar-refractivity contribution < 1.29 is 14.4 Å². The van der Waals surface area contributed by atoms with Gasteiger partial charge in [-0.25, -0.2) is 4.39 Å². The molecule has 0 amide bonds. The van der Waals surface area contributed by atoms with Crippen LogP contribution >= 0.6 is 0 Å². The van der Waals surface area contributed by atoms with Gasteiger partial charge >= 0.3 is 7.12 Å². The summed E-state index contributed by atoms with van der Waals surface area (Å²) in [6.45, 7) is 6.81. The molecule has 144 valence electrons. The molecule has 0 radical (unpaired) electrons. The summed E-state index contributed by atoms with van der Waals surface area (Å²) in [5, 5.41) is 29.4. The van der Waals surface area contributed by atoms with E-state index in [-0.39, 0.29) is 12.1 Å². The van der Waals surface area contributed by atoms with E-state index >= 15 is 0 Å². The van der Waals surface area contributed by atoms with Crippen molar-refractivity contribution in [3.63, 3.8) is 0 Å². The van der Waals surface area contributed by atoms with Crippen LogP contribution in [0.2, 0.25) is 26.0 Å². The Balaban J connectivity index is 2.10. The van der Waals surface area contributed by atoms with Crippen molar-refractivity contribution in [3.8, 4) is 5.69 Å². The molecule has 0 bridgehead atoms. The van der Waals surface area contributed by atoms with Crippen LogP contribution in [0.5, 0.6) is 0 Å². The van der Waals surface area contributed by atoms with E-state index in [1.54, 1.807) is 18.3 Å². The first-order chi connectivity index (χ1) is 13.3. The molecule has 0 aliphatic carbocycles. The van der Waals surface area contributed by atoms with Crippen LogP contribution < -0.4 is 5.32 Å². The predicted octanol–water partition coefficient (Wildman–Crippen LogP) is 3.21. The number of aromatic amines is 1. The largest absolute Gasteiger partial charge is 0.451 e. The Bertz CT molecular complexity index is 1150. The first-order valence-electron chi connectivity index (χ1n) is 9.38.